The Kier molecular flexibility index (Phi) is 5.75. The van der Waals surface area contributed by atoms with Crippen LogP contribution in [0.2, 0.25) is 0 Å². The average molecular weight is 478 g/mol. The van der Waals surface area contributed by atoms with Crippen molar-refractivity contribution in [3.05, 3.63) is 68.5 Å². The number of nitro groups is 1. The zero-order valence-corrected chi connectivity index (χ0v) is 19.9. The van der Waals surface area contributed by atoms with Crippen molar-refractivity contribution in [2.75, 3.05) is 5.32 Å². The number of aromatic nitrogens is 5. The van der Waals surface area contributed by atoms with Crippen LogP contribution in [0.5, 0.6) is 5.75 Å². The number of imidazole rings is 2. The van der Waals surface area contributed by atoms with Gasteiger partial charge in [-0.15, -0.1) is 0 Å². The molecule has 0 atom stereocenters. The van der Waals surface area contributed by atoms with Gasteiger partial charge in [-0.25, -0.2) is 14.3 Å². The lowest BCUT2D eigenvalue weighted by Gasteiger charge is -2.13. The van der Waals surface area contributed by atoms with E-state index in [4.69, 9.17) is 4.74 Å². The standard InChI is InChI=1S/C24H27N7O4/c1-15-10-18(35-14-17-12-26-23(28(17)2)31(33)34)8-9-19(15)27-22-11-20-21(13-25-22)29(3)24(32)30(20)16-6-4-5-7-16/h8-13,16H,4-7,14H2,1-3H3,(H,25,27). The highest BCUT2D eigenvalue weighted by molar-refractivity contribution is 5.79. The lowest BCUT2D eigenvalue weighted by molar-refractivity contribution is -0.396. The fourth-order valence-electron chi connectivity index (χ4n) is 4.74. The van der Waals surface area contributed by atoms with Crippen molar-refractivity contribution in [2.45, 2.75) is 45.3 Å². The van der Waals surface area contributed by atoms with Crippen LogP contribution >= 0.6 is 0 Å². The van der Waals surface area contributed by atoms with Gasteiger partial charge in [0.25, 0.3) is 0 Å². The summed E-state index contributed by atoms with van der Waals surface area (Å²) >= 11 is 0. The molecule has 0 amide bonds. The number of nitrogens with zero attached hydrogens (tertiary/aromatic N) is 6. The summed E-state index contributed by atoms with van der Waals surface area (Å²) in [6, 6.07) is 7.80. The van der Waals surface area contributed by atoms with Gasteiger partial charge in [0.05, 0.1) is 24.3 Å². The SMILES string of the molecule is Cc1cc(OCc2cnc([N+](=O)[O-])n2C)ccc1Nc1cc2c(cn1)n(C)c(=O)n2C1CCCC1. The number of rotatable bonds is 7. The molecule has 3 heterocycles. The lowest BCUT2D eigenvalue weighted by atomic mass is 10.2. The summed E-state index contributed by atoms with van der Waals surface area (Å²) in [6.45, 7) is 2.12. The molecule has 1 saturated carbocycles. The zero-order chi connectivity index (χ0) is 24.7. The normalized spacial score (nSPS) is 14.0. The number of benzene rings is 1. The summed E-state index contributed by atoms with van der Waals surface area (Å²) in [6.07, 6.45) is 7.53. The molecule has 0 aliphatic heterocycles. The van der Waals surface area contributed by atoms with E-state index in [1.807, 2.05) is 35.8 Å². The third-order valence-corrected chi connectivity index (χ3v) is 6.74. The maximum absolute atomic E-state index is 12.9. The van der Waals surface area contributed by atoms with Crippen molar-refractivity contribution < 1.29 is 9.66 Å². The van der Waals surface area contributed by atoms with Gasteiger partial charge < -0.3 is 20.2 Å². The molecule has 1 aliphatic rings. The molecule has 1 fully saturated rings. The second-order valence-corrected chi connectivity index (χ2v) is 8.96. The van der Waals surface area contributed by atoms with Gasteiger partial charge in [-0.05, 0) is 48.5 Å². The topological polar surface area (TPSA) is 122 Å². The molecule has 11 heteroatoms. The van der Waals surface area contributed by atoms with Gasteiger partial charge in [-0.2, -0.15) is 0 Å². The molecule has 0 unspecified atom stereocenters. The summed E-state index contributed by atoms with van der Waals surface area (Å²) < 4.78 is 10.8. The monoisotopic (exact) mass is 477 g/mol. The van der Waals surface area contributed by atoms with E-state index in [0.29, 0.717) is 17.3 Å². The molecular formula is C24H27N7O4. The van der Waals surface area contributed by atoms with E-state index < -0.39 is 4.92 Å². The van der Waals surface area contributed by atoms with E-state index in [1.165, 1.54) is 10.8 Å². The van der Waals surface area contributed by atoms with Gasteiger partial charge >= 0.3 is 11.6 Å². The fraction of sp³-hybridized carbons (Fsp3) is 0.375. The first-order valence-corrected chi connectivity index (χ1v) is 11.6. The molecule has 1 N–H and O–H groups in total. The van der Waals surface area contributed by atoms with Crippen LogP contribution in [0.3, 0.4) is 0 Å². The Bertz CT molecular complexity index is 1480. The molecule has 0 bridgehead atoms. The van der Waals surface area contributed by atoms with Crippen molar-refractivity contribution in [3.63, 3.8) is 0 Å². The van der Waals surface area contributed by atoms with Crippen LogP contribution in [0.4, 0.5) is 17.5 Å². The number of fused-ring (bicyclic) bond motifs is 1. The Hall–Kier alpha value is -4.15. The van der Waals surface area contributed by atoms with E-state index in [2.05, 4.69) is 15.3 Å². The third kappa shape index (κ3) is 4.13. The molecule has 1 aliphatic carbocycles. The zero-order valence-electron chi connectivity index (χ0n) is 19.9. The lowest BCUT2D eigenvalue weighted by Crippen LogP contribution is -2.24. The maximum atomic E-state index is 12.9. The second kappa shape index (κ2) is 8.90. The van der Waals surface area contributed by atoms with Gasteiger partial charge in [0.1, 0.15) is 24.4 Å². The predicted octanol–water partition coefficient (Wildman–Crippen LogP) is 4.12. The van der Waals surface area contributed by atoms with Crippen LogP contribution in [-0.2, 0) is 20.7 Å². The van der Waals surface area contributed by atoms with E-state index in [-0.39, 0.29) is 24.3 Å². The van der Waals surface area contributed by atoms with Gasteiger partial charge in [-0.1, -0.05) is 17.8 Å². The number of aryl methyl sites for hydroxylation is 2. The second-order valence-electron chi connectivity index (χ2n) is 8.96. The number of nitrogens with one attached hydrogen (secondary N) is 1. The first kappa shape index (κ1) is 22.6. The molecule has 3 aromatic heterocycles. The number of hydrogen-bond donors (Lipinski definition) is 1. The Labute approximate surface area is 201 Å². The fourth-order valence-corrected chi connectivity index (χ4v) is 4.74. The first-order chi connectivity index (χ1) is 16.8. The molecule has 182 valence electrons. The Balaban J connectivity index is 1.35. The van der Waals surface area contributed by atoms with Gasteiger partial charge in [0, 0.05) is 24.8 Å². The van der Waals surface area contributed by atoms with Crippen molar-refractivity contribution in [3.8, 4) is 5.75 Å². The molecule has 0 saturated heterocycles. The van der Waals surface area contributed by atoms with E-state index in [9.17, 15) is 14.9 Å². The summed E-state index contributed by atoms with van der Waals surface area (Å²) in [5, 5.41) is 14.3. The van der Waals surface area contributed by atoms with Crippen molar-refractivity contribution in [2.24, 2.45) is 14.1 Å². The summed E-state index contributed by atoms with van der Waals surface area (Å²) in [5.74, 6) is 1.08. The predicted molar refractivity (Wildman–Crippen MR) is 131 cm³/mol. The largest absolute Gasteiger partial charge is 0.486 e. The van der Waals surface area contributed by atoms with Gasteiger partial charge in [-0.3, -0.25) is 9.13 Å². The smallest absolute Gasteiger partial charge is 0.434 e. The van der Waals surface area contributed by atoms with E-state index >= 15 is 0 Å². The van der Waals surface area contributed by atoms with Crippen LogP contribution < -0.4 is 15.7 Å². The third-order valence-electron chi connectivity index (χ3n) is 6.74. The van der Waals surface area contributed by atoms with E-state index in [1.54, 1.807) is 24.9 Å². The summed E-state index contributed by atoms with van der Waals surface area (Å²) in [5.41, 5.74) is 4.13. The molecule has 35 heavy (non-hydrogen) atoms. The Morgan fingerprint density at radius 3 is 2.57 bits per heavy atom. The van der Waals surface area contributed by atoms with Gasteiger partial charge in [0.2, 0.25) is 0 Å². The number of hydrogen-bond acceptors (Lipinski definition) is 7. The van der Waals surface area contributed by atoms with Crippen molar-refractivity contribution in [1.29, 1.82) is 0 Å². The minimum absolute atomic E-state index is 0.00212. The first-order valence-electron chi connectivity index (χ1n) is 11.6. The number of anilines is 2. The summed E-state index contributed by atoms with van der Waals surface area (Å²) in [7, 11) is 3.38. The molecular weight excluding hydrogens is 450 g/mol. The molecule has 0 radical (unpaired) electrons. The van der Waals surface area contributed by atoms with Crippen LogP contribution in [0.15, 0.2) is 41.5 Å². The molecule has 5 rings (SSSR count). The molecule has 0 spiro atoms. The molecule has 1 aromatic carbocycles. The van der Waals surface area contributed by atoms with E-state index in [0.717, 1.165) is 48.0 Å². The highest BCUT2D eigenvalue weighted by Crippen LogP contribution is 2.32. The highest BCUT2D eigenvalue weighted by atomic mass is 16.6. The van der Waals surface area contributed by atoms with Crippen LogP contribution in [0, 0.1) is 17.0 Å². The minimum Gasteiger partial charge on any atom is -0.486 e. The number of ether oxygens (including phenoxy) is 1. The van der Waals surface area contributed by atoms with Crippen LogP contribution in [0.25, 0.3) is 11.0 Å². The maximum Gasteiger partial charge on any atom is 0.434 e. The van der Waals surface area contributed by atoms with Crippen molar-refractivity contribution >= 4 is 28.5 Å². The van der Waals surface area contributed by atoms with Crippen molar-refractivity contribution in [1.82, 2.24) is 23.7 Å². The molecule has 11 nitrogen and oxygen atoms in total. The summed E-state index contributed by atoms with van der Waals surface area (Å²) in [4.78, 5) is 31.7. The van der Waals surface area contributed by atoms with Crippen LogP contribution in [-0.4, -0.2) is 28.6 Å². The number of pyridine rings is 1. The minimum atomic E-state index is -0.526. The highest BCUT2D eigenvalue weighted by Gasteiger charge is 2.23. The van der Waals surface area contributed by atoms with Gasteiger partial charge in [0.15, 0.2) is 5.69 Å². The molecule has 4 aromatic rings. The Morgan fingerprint density at radius 2 is 1.89 bits per heavy atom. The Morgan fingerprint density at radius 1 is 1.11 bits per heavy atom. The average Bonchev–Trinajstić information content (AvgIpc) is 3.54. The quantitative estimate of drug-likeness (QED) is 0.314. The van der Waals surface area contributed by atoms with Crippen LogP contribution in [0.1, 0.15) is 43.0 Å².